The minimum Gasteiger partial charge on any atom is -0.545 e. The third kappa shape index (κ3) is 3.76. The molecule has 112 valence electrons. The molecule has 0 bridgehead atoms. The predicted octanol–water partition coefficient (Wildman–Crippen LogP) is -6.70. The van der Waals surface area contributed by atoms with E-state index in [9.17, 15) is 39.6 Å². The van der Waals surface area contributed by atoms with Crippen molar-refractivity contribution in [2.75, 3.05) is 0 Å². The number of carbonyl (C=O) groups excluding carboxylic acids is 4. The van der Waals surface area contributed by atoms with E-state index >= 15 is 0 Å². The van der Waals surface area contributed by atoms with Gasteiger partial charge in [-0.1, -0.05) is 0 Å². The van der Waals surface area contributed by atoms with Gasteiger partial charge in [-0.15, -0.1) is 0 Å². The van der Waals surface area contributed by atoms with E-state index in [1.54, 1.807) is 0 Å². The van der Waals surface area contributed by atoms with E-state index in [-0.39, 0.29) is 62.2 Å². The predicted molar refractivity (Wildman–Crippen MR) is 61.3 cm³/mol. The number of benzene rings is 2. The van der Waals surface area contributed by atoms with Crippen LogP contribution in [0.2, 0.25) is 0 Å². The zero-order valence-corrected chi connectivity index (χ0v) is 14.7. The first-order valence-electron chi connectivity index (χ1n) is 5.69. The summed E-state index contributed by atoms with van der Waals surface area (Å²) in [6.07, 6.45) is 0. The second-order valence-corrected chi connectivity index (χ2v) is 4.29. The molecule has 2 aromatic rings. The van der Waals surface area contributed by atoms with Gasteiger partial charge in [0, 0.05) is 11.1 Å². The van der Waals surface area contributed by atoms with Gasteiger partial charge in [-0.25, -0.2) is 0 Å². The number of carboxylic acid groups (broad SMARTS) is 4. The standard InChI is InChI=1S/C14H8O8.K/c15-11(16)5-1-7-8(10(3-5)14(21)22)2-6(12(17)18)4-9(7)13(19)20;/h1-4H,(H,15,16)(H,17,18)(H,19,20)(H,21,22);/q;+1/p-4. The topological polar surface area (TPSA) is 161 Å². The molecule has 0 amide bonds. The first-order chi connectivity index (χ1) is 10.2. The summed E-state index contributed by atoms with van der Waals surface area (Å²) >= 11 is 0. The molecule has 0 heterocycles. The fourth-order valence-electron chi connectivity index (χ4n) is 2.04. The monoisotopic (exact) mass is 339 g/mol. The van der Waals surface area contributed by atoms with E-state index in [1.807, 2.05) is 0 Å². The number of rotatable bonds is 4. The van der Waals surface area contributed by atoms with Crippen LogP contribution in [0.5, 0.6) is 0 Å². The van der Waals surface area contributed by atoms with E-state index in [0.717, 1.165) is 12.1 Å². The van der Waals surface area contributed by atoms with Gasteiger partial charge in [-0.05, 0) is 46.2 Å². The van der Waals surface area contributed by atoms with Crippen LogP contribution < -0.4 is 71.8 Å². The van der Waals surface area contributed by atoms with Crippen LogP contribution in [0, 0.1) is 0 Å². The maximum atomic E-state index is 11.1. The zero-order valence-electron chi connectivity index (χ0n) is 11.6. The minimum atomic E-state index is -1.81. The van der Waals surface area contributed by atoms with Gasteiger partial charge in [0.15, 0.2) is 0 Å². The smallest absolute Gasteiger partial charge is 0.545 e. The molecular formula is C14H4KO8-3. The molecule has 8 nitrogen and oxygen atoms in total. The first kappa shape index (κ1) is 19.3. The van der Waals surface area contributed by atoms with Crippen LogP contribution in [0.25, 0.3) is 10.8 Å². The Kier molecular flexibility index (Phi) is 6.02. The van der Waals surface area contributed by atoms with Gasteiger partial charge in [-0.3, -0.25) is 0 Å². The van der Waals surface area contributed by atoms with Crippen LogP contribution in [0.1, 0.15) is 41.4 Å². The Morgan fingerprint density at radius 2 is 0.870 bits per heavy atom. The Morgan fingerprint density at radius 3 is 1.09 bits per heavy atom. The van der Waals surface area contributed by atoms with Crippen molar-refractivity contribution in [3.63, 3.8) is 0 Å². The van der Waals surface area contributed by atoms with E-state index < -0.39 is 46.1 Å². The fraction of sp³-hybridized carbons (Fsp3) is 0. The van der Waals surface area contributed by atoms with Crippen LogP contribution in [-0.2, 0) is 0 Å². The zero-order chi connectivity index (χ0) is 16.6. The number of fused-ring (bicyclic) bond motifs is 1. The fourth-order valence-corrected chi connectivity index (χ4v) is 2.04. The quantitative estimate of drug-likeness (QED) is 0.497. The summed E-state index contributed by atoms with van der Waals surface area (Å²) in [7, 11) is 0. The Labute approximate surface area is 170 Å². The van der Waals surface area contributed by atoms with Crippen LogP contribution >= 0.6 is 0 Å². The summed E-state index contributed by atoms with van der Waals surface area (Å²) in [4.78, 5) is 44.0. The van der Waals surface area contributed by atoms with Crippen LogP contribution in [0.15, 0.2) is 24.3 Å². The molecule has 0 fully saturated rings. The average molecular weight is 339 g/mol. The van der Waals surface area contributed by atoms with Crippen molar-refractivity contribution < 1.29 is 91.0 Å². The third-order valence-corrected chi connectivity index (χ3v) is 2.98. The molecule has 0 aliphatic heterocycles. The average Bonchev–Trinajstić information content (AvgIpc) is 2.44. The van der Waals surface area contributed by atoms with Crippen molar-refractivity contribution >= 4 is 34.6 Å². The van der Waals surface area contributed by atoms with Gasteiger partial charge in [0.05, 0.1) is 23.9 Å². The van der Waals surface area contributed by atoms with Gasteiger partial charge >= 0.3 is 51.4 Å². The summed E-state index contributed by atoms with van der Waals surface area (Å²) in [6.45, 7) is 0. The SMILES string of the molecule is O=C([O-])c1cc(C(=O)[O-])c2cc(C(=O)[O-])cc(C(=O)[O-])c2c1.[K+]. The number of aromatic carboxylic acids is 4. The summed E-state index contributed by atoms with van der Waals surface area (Å²) in [5, 5.41) is 43.3. The largest absolute Gasteiger partial charge is 1.00 e. The molecule has 0 aliphatic carbocycles. The van der Waals surface area contributed by atoms with Crippen molar-refractivity contribution in [3.8, 4) is 0 Å². The molecule has 9 heteroatoms. The van der Waals surface area contributed by atoms with Crippen molar-refractivity contribution in [3.05, 3.63) is 46.5 Å². The molecule has 0 saturated heterocycles. The first-order valence-corrected chi connectivity index (χ1v) is 5.69. The van der Waals surface area contributed by atoms with Gasteiger partial charge in [-0.2, -0.15) is 0 Å². The van der Waals surface area contributed by atoms with Crippen molar-refractivity contribution in [1.82, 2.24) is 0 Å². The Hall–Kier alpha value is -1.78. The Balaban J connectivity index is 0.00000264. The second-order valence-electron chi connectivity index (χ2n) is 4.29. The minimum absolute atomic E-state index is 0. The summed E-state index contributed by atoms with van der Waals surface area (Å²) in [5.74, 6) is -7.10. The molecule has 0 aliphatic rings. The second kappa shape index (κ2) is 7.19. The van der Waals surface area contributed by atoms with Gasteiger partial charge in [0.1, 0.15) is 0 Å². The van der Waals surface area contributed by atoms with Crippen molar-refractivity contribution in [2.45, 2.75) is 0 Å². The van der Waals surface area contributed by atoms with Gasteiger partial charge < -0.3 is 39.6 Å². The molecule has 2 aromatic carbocycles. The maximum Gasteiger partial charge on any atom is 1.00 e. The number of hydrogen-bond acceptors (Lipinski definition) is 8. The molecule has 0 spiro atoms. The van der Waals surface area contributed by atoms with Crippen LogP contribution in [0.3, 0.4) is 0 Å². The van der Waals surface area contributed by atoms with Gasteiger partial charge in [0.2, 0.25) is 0 Å². The normalized spacial score (nSPS) is 9.91. The van der Waals surface area contributed by atoms with E-state index in [0.29, 0.717) is 12.1 Å². The van der Waals surface area contributed by atoms with E-state index in [2.05, 4.69) is 0 Å². The van der Waals surface area contributed by atoms with Crippen molar-refractivity contribution in [1.29, 1.82) is 0 Å². The van der Waals surface area contributed by atoms with Crippen LogP contribution in [-0.4, -0.2) is 23.9 Å². The molecule has 0 radical (unpaired) electrons. The van der Waals surface area contributed by atoms with Crippen molar-refractivity contribution in [2.24, 2.45) is 0 Å². The van der Waals surface area contributed by atoms with E-state index in [4.69, 9.17) is 0 Å². The number of carbonyl (C=O) groups is 4. The maximum absolute atomic E-state index is 11.1. The van der Waals surface area contributed by atoms with Crippen LogP contribution in [0.4, 0.5) is 0 Å². The molecular weight excluding hydrogens is 335 g/mol. The van der Waals surface area contributed by atoms with E-state index in [1.165, 1.54) is 0 Å². The molecule has 0 unspecified atom stereocenters. The third-order valence-electron chi connectivity index (χ3n) is 2.98. The summed E-state index contributed by atoms with van der Waals surface area (Å²) in [6, 6.07) is 3.07. The Morgan fingerprint density at radius 1 is 0.565 bits per heavy atom. The Bertz CT molecular complexity index is 784. The van der Waals surface area contributed by atoms with Gasteiger partial charge in [0.25, 0.3) is 0 Å². The number of hydrogen-bond donors (Lipinski definition) is 0. The summed E-state index contributed by atoms with van der Waals surface area (Å²) in [5.41, 5.74) is -2.59. The molecule has 0 atom stereocenters. The molecule has 2 rings (SSSR count). The molecule has 23 heavy (non-hydrogen) atoms. The summed E-state index contributed by atoms with van der Waals surface area (Å²) < 4.78 is 0. The molecule has 0 saturated carbocycles. The number of carboxylic acids is 4. The molecule has 0 N–H and O–H groups in total. The molecule has 0 aromatic heterocycles.